The van der Waals surface area contributed by atoms with E-state index in [2.05, 4.69) is 6.92 Å². The fraction of sp³-hybridized carbons (Fsp3) is 0.385. The lowest BCUT2D eigenvalue weighted by Gasteiger charge is -2.24. The molecule has 0 radical (unpaired) electrons. The van der Waals surface area contributed by atoms with Crippen LogP contribution in [0.5, 0.6) is 11.5 Å². The number of hydrogen-bond acceptors (Lipinski definition) is 6. The van der Waals surface area contributed by atoms with E-state index in [4.69, 9.17) is 20.4 Å². The lowest BCUT2D eigenvalue weighted by molar-refractivity contribution is 0.419. The molecular weight excluding hydrogens is 248 g/mol. The summed E-state index contributed by atoms with van der Waals surface area (Å²) in [5.41, 5.74) is 0.707. The zero-order valence-electron chi connectivity index (χ0n) is 11.2. The van der Waals surface area contributed by atoms with E-state index >= 15 is 0 Å². The Morgan fingerprint density at radius 1 is 1.16 bits per heavy atom. The summed E-state index contributed by atoms with van der Waals surface area (Å²) in [6.07, 6.45) is 2.42. The van der Waals surface area contributed by atoms with Crippen LogP contribution in [0.2, 0.25) is 0 Å². The molecule has 19 heavy (non-hydrogen) atoms. The van der Waals surface area contributed by atoms with Crippen LogP contribution in [0.1, 0.15) is 32.8 Å². The molecule has 0 heterocycles. The molecule has 0 bridgehead atoms. The highest BCUT2D eigenvalue weighted by Gasteiger charge is 2.21. The van der Waals surface area contributed by atoms with E-state index in [1.54, 1.807) is 6.07 Å². The second-order valence-electron chi connectivity index (χ2n) is 4.14. The third-order valence-corrected chi connectivity index (χ3v) is 2.59. The molecule has 0 saturated carbocycles. The van der Waals surface area contributed by atoms with Crippen LogP contribution in [-0.2, 0) is 15.0 Å². The van der Waals surface area contributed by atoms with Gasteiger partial charge in [0, 0.05) is 5.56 Å². The third kappa shape index (κ3) is 7.49. The molecule has 0 fully saturated rings. The maximum absolute atomic E-state index is 9.59. The predicted octanol–water partition coefficient (Wildman–Crippen LogP) is 2.59. The van der Waals surface area contributed by atoms with Crippen molar-refractivity contribution in [1.29, 1.82) is 10.8 Å². The monoisotopic (exact) mass is 266 g/mol. The molecular formula is C13H18N2O4. The van der Waals surface area contributed by atoms with E-state index in [1.807, 2.05) is 13.8 Å². The topological polar surface area (TPSA) is 122 Å². The number of phenolic OH excluding ortho intramolecular Hbond substituents is 2. The maximum atomic E-state index is 9.59. The summed E-state index contributed by atoms with van der Waals surface area (Å²) in [5, 5.41) is 29.7. The van der Waals surface area contributed by atoms with Gasteiger partial charge in [-0.2, -0.15) is 0 Å². The van der Waals surface area contributed by atoms with Gasteiger partial charge in [0.2, 0.25) is 12.2 Å². The molecule has 6 heteroatoms. The molecule has 1 aromatic rings. The molecule has 0 aliphatic rings. The fourth-order valence-corrected chi connectivity index (χ4v) is 1.26. The highest BCUT2D eigenvalue weighted by atomic mass is 16.3. The van der Waals surface area contributed by atoms with Gasteiger partial charge in [-0.3, -0.25) is 0 Å². The molecule has 4 N–H and O–H groups in total. The maximum Gasteiger partial charge on any atom is 0.231 e. The summed E-state index contributed by atoms with van der Waals surface area (Å²) in [5.74, 6) is 0.457. The molecule has 6 nitrogen and oxygen atoms in total. The van der Waals surface area contributed by atoms with Crippen LogP contribution in [0, 0.1) is 10.8 Å². The Kier molecular flexibility index (Phi) is 9.56. The number of hydrogen-bond donors (Lipinski definition) is 4. The zero-order valence-corrected chi connectivity index (χ0v) is 11.2. The largest absolute Gasteiger partial charge is 0.508 e. The standard InChI is InChI=1S/C11H16O2.2CHNO/c1-4-11(2,3)9-7-8(12)5-6-10(9)13;2*2-1-3/h5-7,12-13H,4H2,1-3H3;2*2H. The molecule has 0 saturated heterocycles. The van der Waals surface area contributed by atoms with Crippen molar-refractivity contribution in [3.05, 3.63) is 23.8 Å². The van der Waals surface area contributed by atoms with E-state index in [-0.39, 0.29) is 16.9 Å². The lowest BCUT2D eigenvalue weighted by atomic mass is 9.81. The van der Waals surface area contributed by atoms with Crippen LogP contribution in [0.15, 0.2) is 18.2 Å². The highest BCUT2D eigenvalue weighted by molar-refractivity contribution is 5.42. The Labute approximate surface area is 111 Å². The van der Waals surface area contributed by atoms with Gasteiger partial charge in [-0.05, 0) is 30.0 Å². The van der Waals surface area contributed by atoms with Crippen molar-refractivity contribution in [1.82, 2.24) is 0 Å². The SMILES string of the molecule is CCC(C)(C)c1cc(O)ccc1O.N=C=O.N=C=O. The van der Waals surface area contributed by atoms with Gasteiger partial charge < -0.3 is 10.2 Å². The molecule has 0 aliphatic heterocycles. The van der Waals surface area contributed by atoms with Gasteiger partial charge in [-0.1, -0.05) is 20.8 Å². The lowest BCUT2D eigenvalue weighted by Crippen LogP contribution is -2.15. The van der Waals surface area contributed by atoms with Crippen LogP contribution in [0.25, 0.3) is 0 Å². The second kappa shape index (κ2) is 9.59. The van der Waals surface area contributed by atoms with Crippen LogP contribution >= 0.6 is 0 Å². The van der Waals surface area contributed by atoms with Crippen LogP contribution in [-0.4, -0.2) is 22.4 Å². The van der Waals surface area contributed by atoms with Crippen molar-refractivity contribution in [2.24, 2.45) is 0 Å². The van der Waals surface area contributed by atoms with Crippen molar-refractivity contribution < 1.29 is 19.8 Å². The minimum absolute atomic E-state index is 0.0944. The molecule has 104 valence electrons. The molecule has 0 aromatic heterocycles. The number of carbonyl (C=O) groups excluding carboxylic acids is 2. The van der Waals surface area contributed by atoms with Gasteiger partial charge >= 0.3 is 0 Å². The zero-order chi connectivity index (χ0) is 15.5. The summed E-state index contributed by atoms with van der Waals surface area (Å²) < 4.78 is 0. The number of nitrogens with one attached hydrogen (secondary N) is 2. The van der Waals surface area contributed by atoms with Gasteiger partial charge in [0.25, 0.3) is 0 Å². The molecule has 0 aliphatic carbocycles. The predicted molar refractivity (Wildman–Crippen MR) is 69.9 cm³/mol. The summed E-state index contributed by atoms with van der Waals surface area (Å²) in [4.78, 5) is 16.7. The Morgan fingerprint density at radius 2 is 1.58 bits per heavy atom. The van der Waals surface area contributed by atoms with Gasteiger partial charge in [0.1, 0.15) is 11.5 Å². The van der Waals surface area contributed by atoms with Crippen molar-refractivity contribution in [2.45, 2.75) is 32.6 Å². The van der Waals surface area contributed by atoms with Gasteiger partial charge in [0.15, 0.2) is 0 Å². The van der Waals surface area contributed by atoms with E-state index in [0.717, 1.165) is 24.1 Å². The summed E-state index contributed by atoms with van der Waals surface area (Å²) in [6, 6.07) is 4.64. The van der Waals surface area contributed by atoms with E-state index in [1.165, 1.54) is 12.1 Å². The molecule has 0 spiro atoms. The van der Waals surface area contributed by atoms with E-state index in [0.29, 0.717) is 0 Å². The minimum atomic E-state index is -0.0944. The molecule has 0 amide bonds. The summed E-state index contributed by atoms with van der Waals surface area (Å²) in [7, 11) is 0. The smallest absolute Gasteiger partial charge is 0.231 e. The molecule has 1 aromatic carbocycles. The number of rotatable bonds is 2. The fourth-order valence-electron chi connectivity index (χ4n) is 1.26. The Bertz CT molecular complexity index is 446. The van der Waals surface area contributed by atoms with Crippen molar-refractivity contribution in [2.75, 3.05) is 0 Å². The normalized spacial score (nSPS) is 8.79. The first-order valence-corrected chi connectivity index (χ1v) is 5.40. The number of isocyanates is 2. The summed E-state index contributed by atoms with van der Waals surface area (Å²) in [6.45, 7) is 6.15. The van der Waals surface area contributed by atoms with Crippen LogP contribution in [0.4, 0.5) is 0 Å². The highest BCUT2D eigenvalue weighted by Crippen LogP contribution is 2.35. The van der Waals surface area contributed by atoms with E-state index in [9.17, 15) is 10.2 Å². The third-order valence-electron chi connectivity index (χ3n) is 2.59. The second-order valence-corrected chi connectivity index (χ2v) is 4.14. The first-order chi connectivity index (χ1) is 8.80. The number of phenols is 2. The molecule has 0 atom stereocenters. The van der Waals surface area contributed by atoms with Crippen molar-refractivity contribution in [3.8, 4) is 11.5 Å². The van der Waals surface area contributed by atoms with Gasteiger partial charge in [-0.15, -0.1) is 0 Å². The average molecular weight is 266 g/mol. The van der Waals surface area contributed by atoms with Gasteiger partial charge in [0.05, 0.1) is 0 Å². The number of aromatic hydroxyl groups is 2. The Hall–Kier alpha value is -2.42. The number of benzene rings is 1. The van der Waals surface area contributed by atoms with Crippen LogP contribution < -0.4 is 0 Å². The molecule has 1 rings (SSSR count). The first-order valence-electron chi connectivity index (χ1n) is 5.40. The Balaban J connectivity index is 0. The Morgan fingerprint density at radius 3 is 1.95 bits per heavy atom. The van der Waals surface area contributed by atoms with Crippen LogP contribution in [0.3, 0.4) is 0 Å². The first kappa shape index (κ1) is 18.9. The average Bonchev–Trinajstić information content (AvgIpc) is 2.34. The quantitative estimate of drug-likeness (QED) is 0.373. The minimum Gasteiger partial charge on any atom is -0.508 e. The van der Waals surface area contributed by atoms with Crippen molar-refractivity contribution in [3.63, 3.8) is 0 Å². The summed E-state index contributed by atoms with van der Waals surface area (Å²) >= 11 is 0. The van der Waals surface area contributed by atoms with Gasteiger partial charge in [-0.25, -0.2) is 20.4 Å². The van der Waals surface area contributed by atoms with E-state index < -0.39 is 0 Å². The molecule has 0 unspecified atom stereocenters. The van der Waals surface area contributed by atoms with Crippen molar-refractivity contribution >= 4 is 12.2 Å².